The molecule has 1 aromatic heterocycles. The van der Waals surface area contributed by atoms with Crippen LogP contribution in [0.3, 0.4) is 0 Å². The monoisotopic (exact) mass is 286 g/mol. The molecule has 0 radical (unpaired) electrons. The first-order chi connectivity index (χ1) is 9.77. The highest BCUT2D eigenvalue weighted by atomic mass is 16.3. The predicted octanol–water partition coefficient (Wildman–Crippen LogP) is 3.71. The third-order valence-electron chi connectivity index (χ3n) is 4.74. The molecule has 0 atom stereocenters. The van der Waals surface area contributed by atoms with Crippen molar-refractivity contribution in [1.29, 1.82) is 0 Å². The fourth-order valence-electron chi connectivity index (χ4n) is 2.93. The molecule has 1 heterocycles. The zero-order chi connectivity index (χ0) is 15.8. The van der Waals surface area contributed by atoms with E-state index in [4.69, 9.17) is 5.73 Å². The first-order valence-corrected chi connectivity index (χ1v) is 7.62. The van der Waals surface area contributed by atoms with Gasteiger partial charge in [0.2, 0.25) is 0 Å². The third kappa shape index (κ3) is 2.75. The van der Waals surface area contributed by atoms with Crippen LogP contribution in [0.2, 0.25) is 0 Å². The van der Waals surface area contributed by atoms with E-state index >= 15 is 0 Å². The van der Waals surface area contributed by atoms with Gasteiger partial charge in [0.1, 0.15) is 0 Å². The normalized spacial score (nSPS) is 12.6. The first kappa shape index (κ1) is 15.8. The van der Waals surface area contributed by atoms with Gasteiger partial charge in [-0.2, -0.15) is 0 Å². The van der Waals surface area contributed by atoms with Crippen molar-refractivity contribution < 1.29 is 5.11 Å². The first-order valence-electron chi connectivity index (χ1n) is 7.62. The molecule has 3 nitrogen and oxygen atoms in total. The predicted molar refractivity (Wildman–Crippen MR) is 89.2 cm³/mol. The molecule has 114 valence electrons. The summed E-state index contributed by atoms with van der Waals surface area (Å²) in [5.74, 6) is 0.328. The highest BCUT2D eigenvalue weighted by Gasteiger charge is 2.35. The Hall–Kier alpha value is -1.61. The molecule has 3 heteroatoms. The fourth-order valence-corrected chi connectivity index (χ4v) is 2.93. The largest absolute Gasteiger partial charge is 0.398 e. The summed E-state index contributed by atoms with van der Waals surface area (Å²) in [5, 5.41) is 13.1. The highest BCUT2D eigenvalue weighted by Crippen LogP contribution is 2.33. The minimum absolute atomic E-state index is 0.164. The summed E-state index contributed by atoms with van der Waals surface area (Å²) in [7, 11) is 0. The number of fused-ring (bicyclic) bond motifs is 1. The molecule has 0 unspecified atom stereocenters. The topological polar surface area (TPSA) is 59.1 Å². The maximum absolute atomic E-state index is 11.0. The minimum Gasteiger partial charge on any atom is -0.398 e. The molecular weight excluding hydrogens is 260 g/mol. The van der Waals surface area contributed by atoms with Crippen molar-refractivity contribution in [2.45, 2.75) is 46.6 Å². The molecule has 1 aromatic carbocycles. The molecule has 0 spiro atoms. The van der Waals surface area contributed by atoms with Crippen molar-refractivity contribution >= 4 is 16.5 Å². The average Bonchev–Trinajstić information content (AvgIpc) is 2.43. The summed E-state index contributed by atoms with van der Waals surface area (Å²) >= 11 is 0. The van der Waals surface area contributed by atoms with Crippen LogP contribution in [0.5, 0.6) is 0 Å². The smallest absolute Gasteiger partial charge is 0.0748 e. The van der Waals surface area contributed by atoms with E-state index in [1.807, 2.05) is 19.1 Å². The van der Waals surface area contributed by atoms with Gasteiger partial charge in [-0.3, -0.25) is 4.98 Å². The third-order valence-corrected chi connectivity index (χ3v) is 4.74. The van der Waals surface area contributed by atoms with Crippen molar-refractivity contribution in [1.82, 2.24) is 4.98 Å². The van der Waals surface area contributed by atoms with Crippen LogP contribution in [0.1, 0.15) is 39.0 Å². The summed E-state index contributed by atoms with van der Waals surface area (Å²) in [5.41, 5.74) is 8.21. The van der Waals surface area contributed by atoms with Crippen LogP contribution < -0.4 is 5.73 Å². The second-order valence-corrected chi connectivity index (χ2v) is 6.63. The zero-order valence-corrected chi connectivity index (χ0v) is 13.6. The van der Waals surface area contributed by atoms with Crippen molar-refractivity contribution in [2.24, 2.45) is 11.8 Å². The van der Waals surface area contributed by atoms with E-state index < -0.39 is 5.60 Å². The fraction of sp³-hybridized carbons (Fsp3) is 0.500. The molecule has 3 N–H and O–H groups in total. The van der Waals surface area contributed by atoms with E-state index in [1.54, 1.807) is 6.20 Å². The van der Waals surface area contributed by atoms with Gasteiger partial charge in [0.05, 0.1) is 11.3 Å². The second kappa shape index (κ2) is 5.64. The molecule has 0 amide bonds. The molecule has 0 saturated carbocycles. The van der Waals surface area contributed by atoms with Crippen molar-refractivity contribution in [3.8, 4) is 0 Å². The van der Waals surface area contributed by atoms with Crippen molar-refractivity contribution in [2.75, 3.05) is 5.73 Å². The van der Waals surface area contributed by atoms with Crippen LogP contribution in [0.4, 0.5) is 5.69 Å². The SMILES string of the molecule is Cc1ccc2c(CC(O)(C(C)C)C(C)C)nccc2c1N. The van der Waals surface area contributed by atoms with Crippen LogP contribution in [-0.4, -0.2) is 15.7 Å². The van der Waals surface area contributed by atoms with E-state index in [-0.39, 0.29) is 11.8 Å². The van der Waals surface area contributed by atoms with Gasteiger partial charge < -0.3 is 10.8 Å². The Labute approximate surface area is 127 Å². The number of hydrogen-bond acceptors (Lipinski definition) is 3. The number of rotatable bonds is 4. The lowest BCUT2D eigenvalue weighted by molar-refractivity contribution is -0.0466. The maximum Gasteiger partial charge on any atom is 0.0748 e. The number of anilines is 1. The molecule has 0 bridgehead atoms. The Bertz CT molecular complexity index is 639. The quantitative estimate of drug-likeness (QED) is 0.842. The Kier molecular flexibility index (Phi) is 4.24. The summed E-state index contributed by atoms with van der Waals surface area (Å²) < 4.78 is 0. The van der Waals surface area contributed by atoms with E-state index in [0.29, 0.717) is 6.42 Å². The van der Waals surface area contributed by atoms with E-state index in [2.05, 4.69) is 38.7 Å². The molecule has 0 fully saturated rings. The van der Waals surface area contributed by atoms with Gasteiger partial charge in [0.25, 0.3) is 0 Å². The maximum atomic E-state index is 11.0. The number of pyridine rings is 1. The number of aliphatic hydroxyl groups is 1. The number of nitrogens with zero attached hydrogens (tertiary/aromatic N) is 1. The van der Waals surface area contributed by atoms with Crippen molar-refractivity contribution in [3.63, 3.8) is 0 Å². The Morgan fingerprint density at radius 2 is 1.71 bits per heavy atom. The number of hydrogen-bond donors (Lipinski definition) is 2. The molecule has 21 heavy (non-hydrogen) atoms. The van der Waals surface area contributed by atoms with Gasteiger partial charge in [-0.15, -0.1) is 0 Å². The van der Waals surface area contributed by atoms with Crippen molar-refractivity contribution in [3.05, 3.63) is 35.7 Å². The molecule has 2 rings (SSSR count). The summed E-state index contributed by atoms with van der Waals surface area (Å²) in [6.45, 7) is 10.2. The Morgan fingerprint density at radius 1 is 1.10 bits per heavy atom. The lowest BCUT2D eigenvalue weighted by Gasteiger charge is -2.36. The highest BCUT2D eigenvalue weighted by molar-refractivity contribution is 5.95. The summed E-state index contributed by atoms with van der Waals surface area (Å²) in [6, 6.07) is 6.03. The Morgan fingerprint density at radius 3 is 2.29 bits per heavy atom. The number of benzene rings is 1. The number of aryl methyl sites for hydroxylation is 1. The van der Waals surface area contributed by atoms with Gasteiger partial charge in [0.15, 0.2) is 0 Å². The minimum atomic E-state index is -0.763. The van der Waals surface area contributed by atoms with E-state index in [9.17, 15) is 5.11 Å². The van der Waals surface area contributed by atoms with Gasteiger partial charge in [-0.1, -0.05) is 39.8 Å². The zero-order valence-electron chi connectivity index (χ0n) is 13.6. The average molecular weight is 286 g/mol. The number of nitrogens with two attached hydrogens (primary N) is 1. The van der Waals surface area contributed by atoms with E-state index in [0.717, 1.165) is 27.7 Å². The molecule has 0 aliphatic rings. The van der Waals surface area contributed by atoms with Crippen LogP contribution in [0.25, 0.3) is 10.8 Å². The van der Waals surface area contributed by atoms with Crippen LogP contribution >= 0.6 is 0 Å². The lowest BCUT2D eigenvalue weighted by atomic mass is 9.76. The standard InChI is InChI=1S/C18H26N2O/c1-11(2)18(21,12(3)4)10-16-14-7-6-13(5)17(19)15(14)8-9-20-16/h6-9,11-12,21H,10,19H2,1-5H3. The van der Waals surface area contributed by atoms with Crippen LogP contribution in [0.15, 0.2) is 24.4 Å². The Balaban J connectivity index is 2.55. The van der Waals surface area contributed by atoms with Crippen LogP contribution in [0, 0.1) is 18.8 Å². The summed E-state index contributed by atoms with van der Waals surface area (Å²) in [6.07, 6.45) is 2.33. The van der Waals surface area contributed by atoms with Gasteiger partial charge in [-0.25, -0.2) is 0 Å². The number of aromatic nitrogens is 1. The van der Waals surface area contributed by atoms with Crippen LogP contribution in [-0.2, 0) is 6.42 Å². The molecule has 2 aromatic rings. The molecule has 0 aliphatic heterocycles. The molecular formula is C18H26N2O. The van der Waals surface area contributed by atoms with E-state index in [1.165, 1.54) is 0 Å². The van der Waals surface area contributed by atoms with Gasteiger partial charge in [0, 0.05) is 29.1 Å². The lowest BCUT2D eigenvalue weighted by Crippen LogP contribution is -2.43. The van der Waals surface area contributed by atoms with Gasteiger partial charge in [-0.05, 0) is 30.4 Å². The molecule has 0 saturated heterocycles. The summed E-state index contributed by atoms with van der Waals surface area (Å²) in [4.78, 5) is 4.51. The molecule has 0 aliphatic carbocycles. The number of nitrogen functional groups attached to an aromatic ring is 1. The second-order valence-electron chi connectivity index (χ2n) is 6.63. The van der Waals surface area contributed by atoms with Gasteiger partial charge >= 0.3 is 0 Å².